The summed E-state index contributed by atoms with van der Waals surface area (Å²) in [4.78, 5) is 16.5. The molecule has 0 fully saturated rings. The summed E-state index contributed by atoms with van der Waals surface area (Å²) in [5, 5.41) is 13.5. The molecule has 2 N–H and O–H groups in total. The first-order chi connectivity index (χ1) is 2.83. The first-order valence-electron chi connectivity index (χ1n) is 0.855. The largest absolute Gasteiger partial charge is 2.00 e. The molecule has 6 heteroatoms. The molecule has 0 aromatic rings. The van der Waals surface area contributed by atoms with Gasteiger partial charge in [-0.25, -0.2) is 0 Å². The van der Waals surface area contributed by atoms with Crippen molar-refractivity contribution < 1.29 is 22.7 Å². The Morgan fingerprint density at radius 2 is 1.12 bits per heavy atom. The van der Waals surface area contributed by atoms with Crippen LogP contribution in [-0.4, -0.2) is 83.9 Å². The summed E-state index contributed by atoms with van der Waals surface area (Å²) in [7, 11) is 0. The second-order valence-corrected chi connectivity index (χ2v) is 0.183. The predicted octanol–water partition coefficient (Wildman–Crippen LogP) is -1.31. The predicted molar refractivity (Wildman–Crippen MR) is 30.4 cm³/mol. The van der Waals surface area contributed by atoms with Gasteiger partial charge in [-0.2, -0.15) is 0 Å². The molecule has 4 nitrogen and oxygen atoms in total. The molecule has 0 radical (unpaired) electrons. The second-order valence-electron chi connectivity index (χ2n) is 0.183. The van der Waals surface area contributed by atoms with Crippen LogP contribution in [0.3, 0.4) is 0 Å². The minimum Gasteiger partial charge on any atom is -1.00 e. The number of hydrogen-bond donors (Lipinski definition) is 2. The zero-order valence-electron chi connectivity index (χ0n) is 6.13. The first kappa shape index (κ1) is 23.1. The maximum atomic E-state index is 8.24. The van der Waals surface area contributed by atoms with Crippen molar-refractivity contribution >= 4 is 73.7 Å². The van der Waals surface area contributed by atoms with E-state index in [1.165, 1.54) is 0 Å². The van der Waals surface area contributed by atoms with Gasteiger partial charge in [0.25, 0.3) is 0 Å². The van der Waals surface area contributed by atoms with E-state index in [1.54, 1.807) is 0 Å². The Morgan fingerprint density at radius 1 is 1.12 bits per heavy atom. The van der Waals surface area contributed by atoms with Crippen LogP contribution in [0.5, 0.6) is 0 Å². The molecular formula is C2H4CaMgO4. The number of hydrogen-bond acceptors (Lipinski definition) is 2. The van der Waals surface area contributed by atoms with Crippen LogP contribution in [0.4, 0.5) is 0 Å². The summed E-state index contributed by atoms with van der Waals surface area (Å²) < 4.78 is 0. The Balaban J connectivity index is -0.00000000571. The van der Waals surface area contributed by atoms with Gasteiger partial charge in [0.1, 0.15) is 0 Å². The van der Waals surface area contributed by atoms with Gasteiger partial charge < -0.3 is 22.7 Å². The summed E-state index contributed by atoms with van der Waals surface area (Å²) in [6.45, 7) is 1.00. The monoisotopic (exact) mass is 156 g/mol. The Hall–Kier alpha value is 0.966. The summed E-state index contributed by atoms with van der Waals surface area (Å²) in [6.07, 6.45) is 0. The van der Waals surface area contributed by atoms with Gasteiger partial charge in [-0.15, -0.1) is 0 Å². The van der Waals surface area contributed by atoms with Crippen molar-refractivity contribution in [1.82, 2.24) is 0 Å². The van der Waals surface area contributed by atoms with E-state index in [9.17, 15) is 0 Å². The Kier molecular flexibility index (Phi) is 127. The minimum absolute atomic E-state index is 0. The van der Waals surface area contributed by atoms with Gasteiger partial charge in [-0.05, 0) is 0 Å². The van der Waals surface area contributed by atoms with E-state index in [4.69, 9.17) is 19.8 Å². The first-order valence-corrected chi connectivity index (χ1v) is 0.855. The van der Waals surface area contributed by atoms with Crippen LogP contribution in [0.2, 0.25) is 0 Å². The molecule has 0 saturated heterocycles. The van der Waals surface area contributed by atoms with Crippen LogP contribution in [0.25, 0.3) is 0 Å². The minimum atomic E-state index is 0. The summed E-state index contributed by atoms with van der Waals surface area (Å²) in [5.41, 5.74) is 0. The Labute approximate surface area is 95.4 Å². The normalized spacial score (nSPS) is 3.00. The van der Waals surface area contributed by atoms with Crippen molar-refractivity contribution in [3.8, 4) is 0 Å². The van der Waals surface area contributed by atoms with Crippen LogP contribution >= 0.6 is 0 Å². The van der Waals surface area contributed by atoms with E-state index in [2.05, 4.69) is 0 Å². The average molecular weight is 156 g/mol. The van der Waals surface area contributed by atoms with Crippen molar-refractivity contribution in [2.24, 2.45) is 0 Å². The fourth-order valence-electron chi connectivity index (χ4n) is 0. The molecule has 0 aromatic carbocycles. The molecule has 0 amide bonds. The summed E-state index contributed by atoms with van der Waals surface area (Å²) in [5.74, 6) is 0. The number of aliphatic hydroxyl groups excluding tert-OH is 2. The van der Waals surface area contributed by atoms with Crippen LogP contribution in [0.15, 0.2) is 0 Å². The number of rotatable bonds is 0. The third-order valence-corrected chi connectivity index (χ3v) is 0. The zero-order chi connectivity index (χ0) is 5.41. The maximum Gasteiger partial charge on any atom is 2.00 e. The van der Waals surface area contributed by atoms with Gasteiger partial charge in [0.15, 0.2) is 0 Å². The van der Waals surface area contributed by atoms with Gasteiger partial charge in [0, 0.05) is 0 Å². The average Bonchev–Trinajstić information content (AvgIpc) is 1.39. The van der Waals surface area contributed by atoms with Crippen molar-refractivity contribution in [3.05, 3.63) is 0 Å². The van der Waals surface area contributed by atoms with Crippen LogP contribution in [-0.2, 0) is 9.59 Å². The van der Waals surface area contributed by atoms with Crippen molar-refractivity contribution in [2.45, 2.75) is 0 Å². The molecule has 0 aromatic heterocycles. The maximum absolute atomic E-state index is 8.24. The van der Waals surface area contributed by atoms with Crippen molar-refractivity contribution in [3.63, 3.8) is 0 Å². The molecule has 40 valence electrons. The smallest absolute Gasteiger partial charge is 1.00 e. The van der Waals surface area contributed by atoms with Crippen LogP contribution in [0, 0.1) is 0 Å². The summed E-state index contributed by atoms with van der Waals surface area (Å²) >= 11 is 0. The molecule has 0 unspecified atom stereocenters. The Morgan fingerprint density at radius 3 is 1.12 bits per heavy atom. The third kappa shape index (κ3) is 266. The topological polar surface area (TPSA) is 74.6 Å². The molecule has 0 atom stereocenters. The molecule has 0 saturated carbocycles. The standard InChI is InChI=1S/2CHO2.Ca.Mg.2H/c2*2-1-3;;;;/h2*(H,2,3);;;;/q2*-1;2*+2;2*-1. The Bertz CT molecular complexity index is 42.2. The second kappa shape index (κ2) is 43.9. The van der Waals surface area contributed by atoms with Gasteiger partial charge in [0.05, 0.1) is 0 Å². The fourth-order valence-corrected chi connectivity index (χ4v) is 0. The molecule has 0 spiro atoms. The molecule has 8 heavy (non-hydrogen) atoms. The van der Waals surface area contributed by atoms with Gasteiger partial charge in [-0.1, -0.05) is 12.9 Å². The molecule has 0 bridgehead atoms. The molecule has 0 aliphatic heterocycles. The van der Waals surface area contributed by atoms with E-state index in [1.807, 2.05) is 0 Å². The zero-order valence-corrected chi connectivity index (χ0v) is 7.75. The van der Waals surface area contributed by atoms with Gasteiger partial charge >= 0.3 is 60.8 Å². The van der Waals surface area contributed by atoms with Crippen LogP contribution in [0.1, 0.15) is 2.85 Å². The van der Waals surface area contributed by atoms with E-state index in [0.717, 1.165) is 0 Å². The summed E-state index contributed by atoms with van der Waals surface area (Å²) in [6, 6.07) is 0. The molecule has 0 rings (SSSR count). The molecule has 0 aliphatic rings. The van der Waals surface area contributed by atoms with E-state index < -0.39 is 0 Å². The molecule has 0 aliphatic carbocycles. The van der Waals surface area contributed by atoms with Crippen molar-refractivity contribution in [2.75, 3.05) is 0 Å². The van der Waals surface area contributed by atoms with Gasteiger partial charge in [-0.3, -0.25) is 0 Å². The quantitative estimate of drug-likeness (QED) is 0.337. The van der Waals surface area contributed by atoms with E-state index in [0.29, 0.717) is 12.9 Å². The van der Waals surface area contributed by atoms with E-state index in [-0.39, 0.29) is 63.6 Å². The fraction of sp³-hybridized carbons (Fsp3) is 0. The third-order valence-electron chi connectivity index (χ3n) is 0. The van der Waals surface area contributed by atoms with Gasteiger partial charge in [0.2, 0.25) is 0 Å². The van der Waals surface area contributed by atoms with E-state index >= 15 is 0 Å². The SMILES string of the molecule is O=[C-]O.O=[C-]O.[Ca+2].[H-].[H-].[Mg+2]. The molecular weight excluding hydrogens is 152 g/mol. The van der Waals surface area contributed by atoms with Crippen molar-refractivity contribution in [1.29, 1.82) is 0 Å². The van der Waals surface area contributed by atoms with Crippen LogP contribution < -0.4 is 0 Å². The molecule has 0 heterocycles.